The molecule has 3 nitrogen and oxygen atoms in total. The standard InChI is InChI=1S/C15H17IN2O/c1-2-14(17)15(11-7-9-18-10-8-11)19-13-5-3-12(16)4-6-13/h3-10,14-15H,2,17H2,1H3. The fraction of sp³-hybridized carbons (Fsp3) is 0.267. The Kier molecular flexibility index (Phi) is 5.15. The number of ether oxygens (including phenoxy) is 1. The third-order valence-electron chi connectivity index (χ3n) is 2.97. The molecule has 2 N–H and O–H groups in total. The summed E-state index contributed by atoms with van der Waals surface area (Å²) in [5.74, 6) is 0.839. The van der Waals surface area contributed by atoms with Gasteiger partial charge >= 0.3 is 0 Å². The highest BCUT2D eigenvalue weighted by molar-refractivity contribution is 14.1. The van der Waals surface area contributed by atoms with Crippen molar-refractivity contribution in [2.75, 3.05) is 0 Å². The molecule has 2 atom stereocenters. The van der Waals surface area contributed by atoms with Gasteiger partial charge in [0, 0.05) is 22.0 Å². The second-order valence-corrected chi connectivity index (χ2v) is 5.59. The largest absolute Gasteiger partial charge is 0.484 e. The molecule has 0 fully saturated rings. The number of benzene rings is 1. The van der Waals surface area contributed by atoms with Gasteiger partial charge < -0.3 is 10.5 Å². The van der Waals surface area contributed by atoms with Crippen molar-refractivity contribution in [3.8, 4) is 5.75 Å². The van der Waals surface area contributed by atoms with E-state index in [1.165, 1.54) is 3.57 Å². The summed E-state index contributed by atoms with van der Waals surface area (Å²) < 4.78 is 7.24. The van der Waals surface area contributed by atoms with E-state index in [9.17, 15) is 0 Å². The minimum absolute atomic E-state index is 0.0401. The maximum Gasteiger partial charge on any atom is 0.139 e. The molecule has 0 radical (unpaired) electrons. The van der Waals surface area contributed by atoms with Crippen LogP contribution >= 0.6 is 22.6 Å². The van der Waals surface area contributed by atoms with Gasteiger partial charge in [-0.3, -0.25) is 4.98 Å². The molecule has 0 amide bonds. The summed E-state index contributed by atoms with van der Waals surface area (Å²) in [5.41, 5.74) is 7.24. The topological polar surface area (TPSA) is 48.1 Å². The predicted octanol–water partition coefficient (Wildman–Crippen LogP) is 3.54. The molecule has 0 spiro atoms. The van der Waals surface area contributed by atoms with Crippen LogP contribution < -0.4 is 10.5 Å². The molecule has 1 aromatic carbocycles. The minimum Gasteiger partial charge on any atom is -0.484 e. The van der Waals surface area contributed by atoms with Crippen LogP contribution in [0.3, 0.4) is 0 Å². The first-order valence-corrected chi connectivity index (χ1v) is 7.36. The Balaban J connectivity index is 2.21. The van der Waals surface area contributed by atoms with Gasteiger partial charge in [0.25, 0.3) is 0 Å². The maximum absolute atomic E-state index is 6.18. The van der Waals surface area contributed by atoms with Crippen LogP contribution in [0.15, 0.2) is 48.8 Å². The molecule has 0 aliphatic carbocycles. The lowest BCUT2D eigenvalue weighted by Crippen LogP contribution is -2.31. The lowest BCUT2D eigenvalue weighted by Gasteiger charge is -2.24. The molecule has 1 aromatic heterocycles. The van der Waals surface area contributed by atoms with Crippen LogP contribution in [0.5, 0.6) is 5.75 Å². The summed E-state index contributed by atoms with van der Waals surface area (Å²) in [6, 6.07) is 11.9. The van der Waals surface area contributed by atoms with Gasteiger partial charge in [-0.1, -0.05) is 6.92 Å². The van der Waals surface area contributed by atoms with Crippen LogP contribution in [0, 0.1) is 3.57 Å². The second kappa shape index (κ2) is 6.86. The average molecular weight is 368 g/mol. The highest BCUT2D eigenvalue weighted by atomic mass is 127. The molecule has 4 heteroatoms. The van der Waals surface area contributed by atoms with Gasteiger partial charge in [-0.2, -0.15) is 0 Å². The van der Waals surface area contributed by atoms with E-state index in [-0.39, 0.29) is 12.1 Å². The normalized spacial score (nSPS) is 13.8. The summed E-state index contributed by atoms with van der Waals surface area (Å²) in [6.45, 7) is 2.07. The monoisotopic (exact) mass is 368 g/mol. The fourth-order valence-corrected chi connectivity index (χ4v) is 2.19. The van der Waals surface area contributed by atoms with E-state index >= 15 is 0 Å². The van der Waals surface area contributed by atoms with Crippen molar-refractivity contribution >= 4 is 22.6 Å². The molecule has 2 rings (SSSR count). The fourth-order valence-electron chi connectivity index (χ4n) is 1.83. The minimum atomic E-state index is -0.145. The molecule has 0 bridgehead atoms. The van der Waals surface area contributed by atoms with E-state index in [1.807, 2.05) is 36.4 Å². The number of nitrogens with zero attached hydrogens (tertiary/aromatic N) is 1. The van der Waals surface area contributed by atoms with E-state index in [4.69, 9.17) is 10.5 Å². The zero-order valence-corrected chi connectivity index (χ0v) is 12.9. The van der Waals surface area contributed by atoms with Crippen molar-refractivity contribution < 1.29 is 4.74 Å². The van der Waals surface area contributed by atoms with E-state index in [1.54, 1.807) is 12.4 Å². The van der Waals surface area contributed by atoms with Gasteiger partial charge in [0.1, 0.15) is 11.9 Å². The van der Waals surface area contributed by atoms with Crippen molar-refractivity contribution in [3.05, 3.63) is 57.9 Å². The van der Waals surface area contributed by atoms with Crippen LogP contribution in [-0.2, 0) is 0 Å². The summed E-state index contributed by atoms with van der Waals surface area (Å²) >= 11 is 2.27. The van der Waals surface area contributed by atoms with Crippen LogP contribution in [-0.4, -0.2) is 11.0 Å². The molecule has 100 valence electrons. The quantitative estimate of drug-likeness (QED) is 0.822. The van der Waals surface area contributed by atoms with Crippen molar-refractivity contribution in [2.45, 2.75) is 25.5 Å². The smallest absolute Gasteiger partial charge is 0.139 e. The van der Waals surface area contributed by atoms with Gasteiger partial charge in [0.2, 0.25) is 0 Å². The van der Waals surface area contributed by atoms with E-state index in [2.05, 4.69) is 34.5 Å². The summed E-state index contributed by atoms with van der Waals surface area (Å²) in [6.07, 6.45) is 4.24. The lowest BCUT2D eigenvalue weighted by atomic mass is 10.0. The lowest BCUT2D eigenvalue weighted by molar-refractivity contribution is 0.171. The van der Waals surface area contributed by atoms with Gasteiger partial charge in [-0.25, -0.2) is 0 Å². The van der Waals surface area contributed by atoms with Crippen molar-refractivity contribution in [1.82, 2.24) is 4.98 Å². The Bertz CT molecular complexity index is 501. The van der Waals surface area contributed by atoms with Crippen LogP contribution in [0.1, 0.15) is 25.0 Å². The Labute approximate surface area is 127 Å². The second-order valence-electron chi connectivity index (χ2n) is 4.35. The number of rotatable bonds is 5. The number of pyridine rings is 1. The first-order chi connectivity index (χ1) is 9.20. The molecule has 19 heavy (non-hydrogen) atoms. The first kappa shape index (κ1) is 14.3. The Hall–Kier alpha value is -1.14. The van der Waals surface area contributed by atoms with Gasteiger partial charge in [-0.15, -0.1) is 0 Å². The molecule has 2 unspecified atom stereocenters. The molecular weight excluding hydrogens is 351 g/mol. The average Bonchev–Trinajstić information content (AvgIpc) is 2.47. The van der Waals surface area contributed by atoms with E-state index in [0.717, 1.165) is 17.7 Å². The molecular formula is C15H17IN2O. The summed E-state index contributed by atoms with van der Waals surface area (Å²) in [7, 11) is 0. The highest BCUT2D eigenvalue weighted by Gasteiger charge is 2.20. The number of hydrogen-bond donors (Lipinski definition) is 1. The predicted molar refractivity (Wildman–Crippen MR) is 85.0 cm³/mol. The Morgan fingerprint density at radius 1 is 1.16 bits per heavy atom. The van der Waals surface area contributed by atoms with Gasteiger partial charge in [0.15, 0.2) is 0 Å². The van der Waals surface area contributed by atoms with Crippen LogP contribution in [0.25, 0.3) is 0 Å². The third-order valence-corrected chi connectivity index (χ3v) is 3.69. The van der Waals surface area contributed by atoms with Crippen LogP contribution in [0.2, 0.25) is 0 Å². The summed E-state index contributed by atoms with van der Waals surface area (Å²) in [4.78, 5) is 4.03. The zero-order valence-electron chi connectivity index (χ0n) is 10.8. The number of aromatic nitrogens is 1. The molecule has 0 saturated heterocycles. The van der Waals surface area contributed by atoms with E-state index in [0.29, 0.717) is 0 Å². The summed E-state index contributed by atoms with van der Waals surface area (Å²) in [5, 5.41) is 0. The zero-order chi connectivity index (χ0) is 13.7. The van der Waals surface area contributed by atoms with Gasteiger partial charge in [-0.05, 0) is 71.0 Å². The van der Waals surface area contributed by atoms with Crippen molar-refractivity contribution in [3.63, 3.8) is 0 Å². The Morgan fingerprint density at radius 3 is 2.37 bits per heavy atom. The third kappa shape index (κ3) is 3.91. The maximum atomic E-state index is 6.18. The molecule has 0 aliphatic heterocycles. The van der Waals surface area contributed by atoms with Gasteiger partial charge in [0.05, 0.1) is 0 Å². The number of nitrogens with two attached hydrogens (primary N) is 1. The number of hydrogen-bond acceptors (Lipinski definition) is 3. The SMILES string of the molecule is CCC(N)C(Oc1ccc(I)cc1)c1ccncc1. The molecule has 0 aliphatic rings. The van der Waals surface area contributed by atoms with Crippen molar-refractivity contribution in [2.24, 2.45) is 5.73 Å². The molecule has 0 saturated carbocycles. The van der Waals surface area contributed by atoms with Crippen molar-refractivity contribution in [1.29, 1.82) is 0 Å². The Morgan fingerprint density at radius 2 is 1.79 bits per heavy atom. The van der Waals surface area contributed by atoms with E-state index < -0.39 is 0 Å². The first-order valence-electron chi connectivity index (χ1n) is 6.28. The molecule has 1 heterocycles. The highest BCUT2D eigenvalue weighted by Crippen LogP contribution is 2.25. The number of halogens is 1. The molecule has 2 aromatic rings. The van der Waals surface area contributed by atoms with Crippen LogP contribution in [0.4, 0.5) is 0 Å².